The molecule has 0 amide bonds. The van der Waals surface area contributed by atoms with Crippen LogP contribution in [0, 0.1) is 0 Å². The van der Waals surface area contributed by atoms with Gasteiger partial charge in [0.15, 0.2) is 0 Å². The van der Waals surface area contributed by atoms with E-state index in [0.29, 0.717) is 4.34 Å². The van der Waals surface area contributed by atoms with Crippen molar-refractivity contribution < 1.29 is 9.90 Å². The maximum Gasteiger partial charge on any atom is 0.308 e. The average Bonchev–Trinajstić information content (AvgIpc) is 3.15. The number of hydrogen-bond donors (Lipinski definition) is 2. The van der Waals surface area contributed by atoms with E-state index in [9.17, 15) is 4.79 Å². The number of hydrogen-bond acceptors (Lipinski definition) is 5. The third kappa shape index (κ3) is 4.88. The van der Waals surface area contributed by atoms with E-state index in [1.165, 1.54) is 22.7 Å². The predicted molar refractivity (Wildman–Crippen MR) is 102 cm³/mol. The molecule has 0 bridgehead atoms. The summed E-state index contributed by atoms with van der Waals surface area (Å²) in [6.07, 6.45) is -0.0324. The van der Waals surface area contributed by atoms with Gasteiger partial charge in [0, 0.05) is 10.4 Å². The summed E-state index contributed by atoms with van der Waals surface area (Å²) in [7, 11) is 3.75. The fourth-order valence-electron chi connectivity index (χ4n) is 1.95. The van der Waals surface area contributed by atoms with E-state index in [1.807, 2.05) is 50.5 Å². The first kappa shape index (κ1) is 18.6. The number of nitrogens with one attached hydrogen (secondary N) is 1. The number of thiophene rings is 1. The highest BCUT2D eigenvalue weighted by Crippen LogP contribution is 2.38. The number of carboxylic acid groups (broad SMARTS) is 1. The van der Waals surface area contributed by atoms with Gasteiger partial charge in [-0.3, -0.25) is 4.79 Å². The molecule has 0 atom stereocenters. The lowest BCUT2D eigenvalue weighted by atomic mass is 10.2. The van der Waals surface area contributed by atoms with E-state index in [4.69, 9.17) is 16.7 Å². The molecule has 0 spiro atoms. The largest absolute Gasteiger partial charge is 0.481 e. The first-order chi connectivity index (χ1) is 11.5. The molecule has 0 fully saturated rings. The molecule has 2 aromatic heterocycles. The molecular weight excluding hydrogens is 364 g/mol. The molecule has 126 valence electrons. The van der Waals surface area contributed by atoms with Gasteiger partial charge in [-0.2, -0.15) is 0 Å². The van der Waals surface area contributed by atoms with Crippen LogP contribution in [-0.4, -0.2) is 30.2 Å². The lowest BCUT2D eigenvalue weighted by Crippen LogP contribution is -1.98. The van der Waals surface area contributed by atoms with Crippen molar-refractivity contribution in [2.45, 2.75) is 6.42 Å². The van der Waals surface area contributed by atoms with Crippen molar-refractivity contribution in [1.82, 2.24) is 10.3 Å². The summed E-state index contributed by atoms with van der Waals surface area (Å²) < 4.78 is 0.667. The molecule has 0 saturated heterocycles. The normalized spacial score (nSPS) is 10.1. The molecule has 2 heterocycles. The molecule has 0 radical (unpaired) electrons. The predicted octanol–water partition coefficient (Wildman–Crippen LogP) is 4.65. The van der Waals surface area contributed by atoms with Gasteiger partial charge in [0.25, 0.3) is 0 Å². The Morgan fingerprint density at radius 3 is 2.38 bits per heavy atom. The number of thiazole rings is 1. The summed E-state index contributed by atoms with van der Waals surface area (Å²) in [5.41, 5.74) is 1.71. The minimum absolute atomic E-state index is 0.0324. The van der Waals surface area contributed by atoms with Gasteiger partial charge >= 0.3 is 5.97 Å². The molecular formula is C17H17ClN2O2S2. The van der Waals surface area contributed by atoms with Crippen molar-refractivity contribution >= 4 is 40.2 Å². The van der Waals surface area contributed by atoms with Crippen LogP contribution in [0.2, 0.25) is 4.34 Å². The van der Waals surface area contributed by atoms with Crippen LogP contribution in [0.5, 0.6) is 0 Å². The first-order valence-corrected chi connectivity index (χ1v) is 9.17. The van der Waals surface area contributed by atoms with E-state index < -0.39 is 5.97 Å². The second kappa shape index (κ2) is 8.94. The van der Waals surface area contributed by atoms with Gasteiger partial charge in [0.05, 0.1) is 21.3 Å². The van der Waals surface area contributed by atoms with Gasteiger partial charge in [-0.05, 0) is 26.2 Å². The van der Waals surface area contributed by atoms with Gasteiger partial charge in [0.2, 0.25) is 0 Å². The van der Waals surface area contributed by atoms with Crippen molar-refractivity contribution in [1.29, 1.82) is 0 Å². The first-order valence-electron chi connectivity index (χ1n) is 7.16. The molecule has 7 heteroatoms. The number of aromatic nitrogens is 1. The summed E-state index contributed by atoms with van der Waals surface area (Å²) in [5, 5.41) is 12.7. The Bertz CT molecular complexity index is 800. The third-order valence-corrected chi connectivity index (χ3v) is 5.18. The van der Waals surface area contributed by atoms with Gasteiger partial charge in [-0.1, -0.05) is 41.9 Å². The van der Waals surface area contributed by atoms with Crippen LogP contribution in [-0.2, 0) is 11.2 Å². The highest BCUT2D eigenvalue weighted by atomic mass is 35.5. The summed E-state index contributed by atoms with van der Waals surface area (Å²) in [6.45, 7) is 0. The Kier molecular flexibility index (Phi) is 6.93. The molecule has 3 aromatic rings. The monoisotopic (exact) mass is 380 g/mol. The van der Waals surface area contributed by atoms with Gasteiger partial charge in [0.1, 0.15) is 5.01 Å². The van der Waals surface area contributed by atoms with E-state index >= 15 is 0 Å². The zero-order valence-electron chi connectivity index (χ0n) is 13.2. The fraction of sp³-hybridized carbons (Fsp3) is 0.176. The van der Waals surface area contributed by atoms with Crippen LogP contribution in [0.4, 0.5) is 0 Å². The van der Waals surface area contributed by atoms with Crippen molar-refractivity contribution in [3.05, 3.63) is 51.7 Å². The van der Waals surface area contributed by atoms with Crippen LogP contribution in [0.25, 0.3) is 21.1 Å². The molecule has 3 rings (SSSR count). The highest BCUT2D eigenvalue weighted by molar-refractivity contribution is 7.20. The molecule has 0 saturated carbocycles. The molecule has 0 aliphatic rings. The van der Waals surface area contributed by atoms with Crippen molar-refractivity contribution in [2.75, 3.05) is 14.1 Å². The number of carboxylic acids is 1. The highest BCUT2D eigenvalue weighted by Gasteiger charge is 2.17. The SMILES string of the molecule is CNC.O=C(O)Cc1sc(-c2ccccc2)nc1-c1ccc(Cl)s1. The van der Waals surface area contributed by atoms with Crippen LogP contribution in [0.3, 0.4) is 0 Å². The summed E-state index contributed by atoms with van der Waals surface area (Å²) in [5.74, 6) is -0.859. The lowest BCUT2D eigenvalue weighted by molar-refractivity contribution is -0.136. The quantitative estimate of drug-likeness (QED) is 0.691. The Balaban J connectivity index is 0.000000647. The Hall–Kier alpha value is -1.73. The summed E-state index contributed by atoms with van der Waals surface area (Å²) >= 11 is 8.79. The van der Waals surface area contributed by atoms with E-state index in [1.54, 1.807) is 6.07 Å². The van der Waals surface area contributed by atoms with Crippen LogP contribution in [0.15, 0.2) is 42.5 Å². The minimum atomic E-state index is -0.859. The Morgan fingerprint density at radius 2 is 1.83 bits per heavy atom. The van der Waals surface area contributed by atoms with E-state index in [0.717, 1.165) is 26.0 Å². The van der Waals surface area contributed by atoms with Gasteiger partial charge < -0.3 is 10.4 Å². The number of benzene rings is 1. The molecule has 0 aliphatic carbocycles. The van der Waals surface area contributed by atoms with Gasteiger partial charge in [-0.25, -0.2) is 4.98 Å². The molecule has 0 aliphatic heterocycles. The molecule has 24 heavy (non-hydrogen) atoms. The standard InChI is InChI=1S/C15H10ClNO2S2.C2H7N/c16-12-7-6-10(20-12)14-11(8-13(18)19)21-15(17-14)9-4-2-1-3-5-9;1-3-2/h1-7H,8H2,(H,18,19);3H,1-2H3. The van der Waals surface area contributed by atoms with Gasteiger partial charge in [-0.15, -0.1) is 22.7 Å². The number of rotatable bonds is 4. The Labute approximate surface area is 153 Å². The van der Waals surface area contributed by atoms with Crippen molar-refractivity contribution in [2.24, 2.45) is 0 Å². The maximum absolute atomic E-state index is 11.1. The second-order valence-corrected chi connectivity index (χ2v) is 7.63. The molecule has 1 aromatic carbocycles. The smallest absolute Gasteiger partial charge is 0.308 e. The van der Waals surface area contributed by atoms with Crippen LogP contribution in [0.1, 0.15) is 4.88 Å². The van der Waals surface area contributed by atoms with Crippen molar-refractivity contribution in [3.63, 3.8) is 0 Å². The Morgan fingerprint density at radius 1 is 1.17 bits per heavy atom. The minimum Gasteiger partial charge on any atom is -0.481 e. The van der Waals surface area contributed by atoms with Crippen LogP contribution >= 0.6 is 34.3 Å². The summed E-state index contributed by atoms with van der Waals surface area (Å²) in [4.78, 5) is 17.3. The third-order valence-electron chi connectivity index (χ3n) is 2.84. The van der Waals surface area contributed by atoms with Crippen LogP contribution < -0.4 is 5.32 Å². The topological polar surface area (TPSA) is 62.2 Å². The summed E-state index contributed by atoms with van der Waals surface area (Å²) in [6, 6.07) is 13.4. The zero-order chi connectivity index (χ0) is 17.5. The molecule has 0 unspecified atom stereocenters. The van der Waals surface area contributed by atoms with E-state index in [2.05, 4.69) is 10.3 Å². The zero-order valence-corrected chi connectivity index (χ0v) is 15.6. The average molecular weight is 381 g/mol. The van der Waals surface area contributed by atoms with Crippen molar-refractivity contribution in [3.8, 4) is 21.1 Å². The molecule has 2 N–H and O–H groups in total. The van der Waals surface area contributed by atoms with E-state index in [-0.39, 0.29) is 6.42 Å². The number of nitrogens with zero attached hydrogens (tertiary/aromatic N) is 1. The number of aliphatic carboxylic acids is 1. The maximum atomic E-state index is 11.1. The number of halogens is 1. The molecule has 4 nitrogen and oxygen atoms in total. The fourth-order valence-corrected chi connectivity index (χ4v) is 4.14. The number of carbonyl (C=O) groups is 1. The second-order valence-electron chi connectivity index (χ2n) is 4.83. The lowest BCUT2D eigenvalue weighted by Gasteiger charge is -1.95.